The van der Waals surface area contributed by atoms with Crippen LogP contribution in [0.5, 0.6) is 0 Å². The normalized spacial score (nSPS) is 10.9. The van der Waals surface area contributed by atoms with E-state index in [1.54, 1.807) is 56.7 Å². The lowest BCUT2D eigenvalue weighted by atomic mass is 10.4. The van der Waals surface area contributed by atoms with Crippen LogP contribution in [-0.4, -0.2) is 0 Å². The van der Waals surface area contributed by atoms with Crippen molar-refractivity contribution < 1.29 is 0 Å². The maximum absolute atomic E-state index is 2.21. The summed E-state index contributed by atoms with van der Waals surface area (Å²) in [4.78, 5) is 0. The van der Waals surface area contributed by atoms with Crippen molar-refractivity contribution in [2.75, 3.05) is 0 Å². The van der Waals surface area contributed by atoms with E-state index >= 15 is 0 Å². The molecule has 10 bridgehead atoms. The predicted molar refractivity (Wildman–Crippen MR) is 165 cm³/mol. The van der Waals surface area contributed by atoms with Gasteiger partial charge in [-0.2, -0.15) is 0 Å². The van der Waals surface area contributed by atoms with Crippen LogP contribution in [0.2, 0.25) is 0 Å². The molecule has 0 radical (unpaired) electrons. The Hall–Kier alpha value is -2.80. The maximum atomic E-state index is 2.21. The molecule has 0 saturated carbocycles. The summed E-state index contributed by atoms with van der Waals surface area (Å²) in [5.74, 6) is 0. The number of hydrogen-bond acceptors (Lipinski definition) is 5. The quantitative estimate of drug-likeness (QED) is 0.180. The molecule has 10 aromatic heterocycles. The number of rotatable bonds is 0. The average molecular weight is 541 g/mol. The highest BCUT2D eigenvalue weighted by Crippen LogP contribution is 2.24. The minimum atomic E-state index is 1.26. The fourth-order valence-corrected chi connectivity index (χ4v) is 7.64. The minimum Gasteiger partial charge on any atom is -0.137 e. The Morgan fingerprint density at radius 1 is 0.171 bits per heavy atom. The zero-order chi connectivity index (χ0) is 23.5. The molecule has 5 heteroatoms. The Bertz CT molecular complexity index is 1320. The van der Waals surface area contributed by atoms with E-state index in [4.69, 9.17) is 0 Å². The topological polar surface area (TPSA) is 0 Å². The third-order valence-electron chi connectivity index (χ3n) is 5.30. The molecular weight excluding hydrogens is 521 g/mol. The molecular formula is C30H20S5. The van der Waals surface area contributed by atoms with Gasteiger partial charge in [-0.05, 0) is 121 Å². The first-order valence-corrected chi connectivity index (χ1v) is 15.2. The van der Waals surface area contributed by atoms with Crippen molar-refractivity contribution in [1.29, 1.82) is 0 Å². The monoisotopic (exact) mass is 540 g/mol. The van der Waals surface area contributed by atoms with Gasteiger partial charge in [-0.1, -0.05) is 0 Å². The SMILES string of the molecule is c1cc2ccc1sc1ccc(cc1)sc1ccc(cc1)sc1ccc(cc1)sc1ccc(cc1)s2. The Morgan fingerprint density at radius 3 is 0.343 bits per heavy atom. The van der Waals surface area contributed by atoms with Crippen LogP contribution in [-0.2, 0) is 0 Å². The Balaban J connectivity index is 1.56. The highest BCUT2D eigenvalue weighted by atomic mass is 32.1. The zero-order valence-electron chi connectivity index (χ0n) is 18.6. The van der Waals surface area contributed by atoms with Crippen molar-refractivity contribution in [1.82, 2.24) is 0 Å². The zero-order valence-corrected chi connectivity index (χ0v) is 22.7. The van der Waals surface area contributed by atoms with Crippen molar-refractivity contribution in [3.63, 3.8) is 0 Å². The van der Waals surface area contributed by atoms with Crippen LogP contribution in [0.3, 0.4) is 0 Å². The smallest absolute Gasteiger partial charge is 0.0277 e. The largest absolute Gasteiger partial charge is 0.137 e. The molecule has 0 aliphatic heterocycles. The molecule has 0 unspecified atom stereocenters. The van der Waals surface area contributed by atoms with Crippen LogP contribution in [0.4, 0.5) is 0 Å². The molecule has 35 heavy (non-hydrogen) atoms. The highest BCUT2D eigenvalue weighted by Gasteiger charge is 1.92. The van der Waals surface area contributed by atoms with Crippen molar-refractivity contribution >= 4 is 104 Å². The van der Waals surface area contributed by atoms with Gasteiger partial charge in [0.1, 0.15) is 0 Å². The minimum absolute atomic E-state index is 1.26. The molecule has 0 aliphatic rings. The van der Waals surface area contributed by atoms with E-state index in [1.165, 1.54) is 47.0 Å². The van der Waals surface area contributed by atoms with Gasteiger partial charge in [-0.15, -0.1) is 56.7 Å². The molecule has 0 aliphatic carbocycles. The lowest BCUT2D eigenvalue weighted by Gasteiger charge is -1.93. The Morgan fingerprint density at radius 2 is 0.257 bits per heavy atom. The molecule has 170 valence electrons. The first-order valence-electron chi connectivity index (χ1n) is 11.1. The summed E-state index contributed by atoms with van der Waals surface area (Å²) in [5, 5.41) is 0. The summed E-state index contributed by atoms with van der Waals surface area (Å²) in [5.41, 5.74) is 0. The second kappa shape index (κ2) is 10.4. The molecule has 0 saturated heterocycles. The summed E-state index contributed by atoms with van der Waals surface area (Å²) in [6, 6.07) is 44.3. The molecule has 0 atom stereocenters. The maximum Gasteiger partial charge on any atom is 0.0277 e. The van der Waals surface area contributed by atoms with E-state index in [0.29, 0.717) is 0 Å². The van der Waals surface area contributed by atoms with Crippen molar-refractivity contribution in [3.8, 4) is 0 Å². The van der Waals surface area contributed by atoms with Crippen LogP contribution in [0.1, 0.15) is 0 Å². The standard InChI is InChI=1S/C30H20S5/c1-2-22-4-3-21(1)31-23-5-7-25(8-6-23)33-27-13-15-29(16-14-27)35-30-19-17-28(18-20-30)34-26-11-9-24(32-22)10-12-26/h1-20H. The van der Waals surface area contributed by atoms with E-state index in [9.17, 15) is 0 Å². The summed E-state index contributed by atoms with van der Waals surface area (Å²) in [6.07, 6.45) is 0. The predicted octanol–water partition coefficient (Wildman–Crippen LogP) is 11.7. The molecule has 15 aromatic rings. The molecule has 0 amide bonds. The summed E-state index contributed by atoms with van der Waals surface area (Å²) >= 11 is 9.02. The summed E-state index contributed by atoms with van der Waals surface area (Å²) < 4.78 is 12.6. The van der Waals surface area contributed by atoms with Gasteiger partial charge in [0, 0.05) is 47.0 Å². The van der Waals surface area contributed by atoms with Gasteiger partial charge in [0.15, 0.2) is 0 Å². The first kappa shape index (κ1) is 22.7. The van der Waals surface area contributed by atoms with Crippen LogP contribution in [0.15, 0.2) is 121 Å². The third-order valence-corrected chi connectivity index (χ3v) is 10.4. The lowest BCUT2D eigenvalue weighted by Crippen LogP contribution is -1.63. The van der Waals surface area contributed by atoms with Gasteiger partial charge in [0.2, 0.25) is 0 Å². The Labute approximate surface area is 223 Å². The van der Waals surface area contributed by atoms with Crippen molar-refractivity contribution in [2.24, 2.45) is 0 Å². The molecule has 5 aromatic carbocycles. The average Bonchev–Trinajstić information content (AvgIpc) is 2.89. The van der Waals surface area contributed by atoms with Crippen molar-refractivity contribution in [3.05, 3.63) is 121 Å². The van der Waals surface area contributed by atoms with Crippen LogP contribution in [0.25, 0.3) is 47.0 Å². The highest BCUT2D eigenvalue weighted by molar-refractivity contribution is 7.25. The van der Waals surface area contributed by atoms with Gasteiger partial charge in [-0.25, -0.2) is 0 Å². The van der Waals surface area contributed by atoms with Gasteiger partial charge in [-0.3, -0.25) is 0 Å². The van der Waals surface area contributed by atoms with Crippen LogP contribution >= 0.6 is 56.7 Å². The lowest BCUT2D eigenvalue weighted by molar-refractivity contribution is 1.92. The number of benzene rings is 5. The van der Waals surface area contributed by atoms with E-state index in [1.807, 2.05) is 0 Å². The van der Waals surface area contributed by atoms with E-state index in [0.717, 1.165) is 0 Å². The molecule has 15 rings (SSSR count). The fraction of sp³-hybridized carbons (Fsp3) is 0. The van der Waals surface area contributed by atoms with Crippen molar-refractivity contribution in [2.45, 2.75) is 0 Å². The molecule has 0 spiro atoms. The Kier molecular flexibility index (Phi) is 6.76. The molecule has 0 nitrogen and oxygen atoms in total. The molecule has 10 heterocycles. The van der Waals surface area contributed by atoms with Gasteiger partial charge >= 0.3 is 0 Å². The second-order valence-corrected chi connectivity index (χ2v) is 13.6. The van der Waals surface area contributed by atoms with Crippen LogP contribution < -0.4 is 0 Å². The van der Waals surface area contributed by atoms with E-state index < -0.39 is 0 Å². The fourth-order valence-electron chi connectivity index (χ4n) is 3.56. The second-order valence-electron chi connectivity index (χ2n) is 7.87. The summed E-state index contributed by atoms with van der Waals surface area (Å²) in [6.45, 7) is 0. The summed E-state index contributed by atoms with van der Waals surface area (Å²) in [7, 11) is 0. The van der Waals surface area contributed by atoms with Gasteiger partial charge in [0.05, 0.1) is 0 Å². The molecule has 0 fully saturated rings. The van der Waals surface area contributed by atoms with Gasteiger partial charge in [0.25, 0.3) is 0 Å². The van der Waals surface area contributed by atoms with Gasteiger partial charge < -0.3 is 0 Å². The third kappa shape index (κ3) is 5.89. The van der Waals surface area contributed by atoms with E-state index in [-0.39, 0.29) is 0 Å². The van der Waals surface area contributed by atoms with E-state index in [2.05, 4.69) is 121 Å². The van der Waals surface area contributed by atoms with Crippen LogP contribution in [0, 0.1) is 0 Å². The number of hydrogen-bond donors (Lipinski definition) is 0. The first-order chi connectivity index (χ1) is 17.2. The molecule has 0 N–H and O–H groups in total.